The Bertz CT molecular complexity index is 213. The Kier molecular flexibility index (Phi) is 4.22. The average Bonchev–Trinajstić information content (AvgIpc) is 3.05. The van der Waals surface area contributed by atoms with E-state index >= 15 is 0 Å². The van der Waals surface area contributed by atoms with Crippen LogP contribution in [0, 0.1) is 11.3 Å². The summed E-state index contributed by atoms with van der Waals surface area (Å²) in [5.41, 5.74) is 6.25. The van der Waals surface area contributed by atoms with Crippen molar-refractivity contribution in [2.45, 2.75) is 32.1 Å². The summed E-state index contributed by atoms with van der Waals surface area (Å²) >= 11 is 0. The van der Waals surface area contributed by atoms with Gasteiger partial charge in [0.1, 0.15) is 0 Å². The first-order chi connectivity index (χ1) is 7.74. The second kappa shape index (κ2) is 5.48. The highest BCUT2D eigenvalue weighted by Gasteiger charge is 2.40. The number of hydrogen-bond acceptors (Lipinski definition) is 3. The van der Waals surface area contributed by atoms with E-state index in [1.165, 1.54) is 51.7 Å². The zero-order valence-corrected chi connectivity index (χ0v) is 10.7. The molecule has 0 aromatic rings. The van der Waals surface area contributed by atoms with Gasteiger partial charge in [-0.1, -0.05) is 0 Å². The van der Waals surface area contributed by atoms with Crippen LogP contribution in [0.15, 0.2) is 0 Å². The Labute approximate surface area is 99.8 Å². The van der Waals surface area contributed by atoms with Gasteiger partial charge in [0.2, 0.25) is 0 Å². The van der Waals surface area contributed by atoms with E-state index in [9.17, 15) is 0 Å². The van der Waals surface area contributed by atoms with Crippen LogP contribution in [-0.4, -0.2) is 44.7 Å². The molecule has 1 atom stereocenters. The van der Waals surface area contributed by atoms with Crippen molar-refractivity contribution < 1.29 is 0 Å². The first kappa shape index (κ1) is 12.3. The van der Waals surface area contributed by atoms with Crippen LogP contribution in [0.1, 0.15) is 32.1 Å². The molecule has 1 aliphatic heterocycles. The van der Waals surface area contributed by atoms with Gasteiger partial charge in [-0.15, -0.1) is 0 Å². The van der Waals surface area contributed by atoms with E-state index in [0.717, 1.165) is 19.0 Å². The molecule has 1 saturated carbocycles. The standard InChI is InChI=1S/C13H27N3/c1-16-8-2-3-12(9-16)4-7-15-11-13(10-14)5-6-13/h12,15H,2-11,14H2,1H3. The second-order valence-corrected chi connectivity index (χ2v) is 5.94. The number of rotatable bonds is 6. The van der Waals surface area contributed by atoms with Gasteiger partial charge in [-0.05, 0) is 70.1 Å². The maximum atomic E-state index is 5.77. The third kappa shape index (κ3) is 3.44. The van der Waals surface area contributed by atoms with Gasteiger partial charge >= 0.3 is 0 Å². The van der Waals surface area contributed by atoms with Crippen LogP contribution in [0.3, 0.4) is 0 Å². The Hall–Kier alpha value is -0.120. The van der Waals surface area contributed by atoms with Gasteiger partial charge < -0.3 is 16.0 Å². The summed E-state index contributed by atoms with van der Waals surface area (Å²) in [6.45, 7) is 5.78. The number of likely N-dealkylation sites (tertiary alicyclic amines) is 1. The highest BCUT2D eigenvalue weighted by molar-refractivity contribution is 4.95. The fourth-order valence-corrected chi connectivity index (χ4v) is 2.80. The lowest BCUT2D eigenvalue weighted by atomic mass is 9.95. The van der Waals surface area contributed by atoms with E-state index in [1.54, 1.807) is 0 Å². The van der Waals surface area contributed by atoms with Crippen molar-refractivity contribution in [3.63, 3.8) is 0 Å². The molecule has 0 aromatic carbocycles. The van der Waals surface area contributed by atoms with Gasteiger partial charge in [-0.3, -0.25) is 0 Å². The van der Waals surface area contributed by atoms with Gasteiger partial charge in [0, 0.05) is 13.1 Å². The lowest BCUT2D eigenvalue weighted by Gasteiger charge is -2.29. The van der Waals surface area contributed by atoms with Crippen LogP contribution >= 0.6 is 0 Å². The van der Waals surface area contributed by atoms with Crippen molar-refractivity contribution in [1.29, 1.82) is 0 Å². The molecule has 2 fully saturated rings. The van der Waals surface area contributed by atoms with Crippen molar-refractivity contribution in [3.05, 3.63) is 0 Å². The molecule has 16 heavy (non-hydrogen) atoms. The van der Waals surface area contributed by atoms with Crippen LogP contribution in [0.25, 0.3) is 0 Å². The molecule has 0 bridgehead atoms. The minimum absolute atomic E-state index is 0.489. The molecule has 2 rings (SSSR count). The lowest BCUT2D eigenvalue weighted by Crippen LogP contribution is -2.35. The van der Waals surface area contributed by atoms with Gasteiger partial charge in [0.05, 0.1) is 0 Å². The zero-order chi connectivity index (χ0) is 11.4. The summed E-state index contributed by atoms with van der Waals surface area (Å²) in [6, 6.07) is 0. The highest BCUT2D eigenvalue weighted by atomic mass is 15.1. The van der Waals surface area contributed by atoms with Crippen LogP contribution in [0.2, 0.25) is 0 Å². The van der Waals surface area contributed by atoms with E-state index in [0.29, 0.717) is 5.41 Å². The fourth-order valence-electron chi connectivity index (χ4n) is 2.80. The quantitative estimate of drug-likeness (QED) is 0.664. The van der Waals surface area contributed by atoms with Crippen LogP contribution in [0.5, 0.6) is 0 Å². The smallest absolute Gasteiger partial charge is 0.00199 e. The van der Waals surface area contributed by atoms with Crippen molar-refractivity contribution >= 4 is 0 Å². The van der Waals surface area contributed by atoms with Crippen LogP contribution < -0.4 is 11.1 Å². The molecular formula is C13H27N3. The summed E-state index contributed by atoms with van der Waals surface area (Å²) in [5, 5.41) is 3.60. The minimum Gasteiger partial charge on any atom is -0.330 e. The van der Waals surface area contributed by atoms with Crippen molar-refractivity contribution in [1.82, 2.24) is 10.2 Å². The summed E-state index contributed by atoms with van der Waals surface area (Å²) in [6.07, 6.45) is 6.82. The second-order valence-electron chi connectivity index (χ2n) is 5.94. The zero-order valence-electron chi connectivity index (χ0n) is 10.7. The van der Waals surface area contributed by atoms with Gasteiger partial charge in [0.25, 0.3) is 0 Å². The predicted molar refractivity (Wildman–Crippen MR) is 68.4 cm³/mol. The van der Waals surface area contributed by atoms with E-state index in [2.05, 4.69) is 17.3 Å². The Morgan fingerprint density at radius 2 is 2.25 bits per heavy atom. The number of piperidine rings is 1. The summed E-state index contributed by atoms with van der Waals surface area (Å²) in [7, 11) is 2.24. The molecule has 2 aliphatic rings. The maximum Gasteiger partial charge on any atom is 0.00199 e. The maximum absolute atomic E-state index is 5.77. The van der Waals surface area contributed by atoms with Gasteiger partial charge in [-0.2, -0.15) is 0 Å². The van der Waals surface area contributed by atoms with E-state index in [-0.39, 0.29) is 0 Å². The largest absolute Gasteiger partial charge is 0.330 e. The Balaban J connectivity index is 1.54. The minimum atomic E-state index is 0.489. The first-order valence-electron chi connectivity index (χ1n) is 6.83. The predicted octanol–water partition coefficient (Wildman–Crippen LogP) is 1.05. The average molecular weight is 225 g/mol. The highest BCUT2D eigenvalue weighted by Crippen LogP contribution is 2.43. The monoisotopic (exact) mass is 225 g/mol. The molecule has 94 valence electrons. The molecular weight excluding hydrogens is 198 g/mol. The first-order valence-corrected chi connectivity index (χ1v) is 6.83. The molecule has 3 heteroatoms. The fraction of sp³-hybridized carbons (Fsp3) is 1.00. The van der Waals surface area contributed by atoms with Crippen molar-refractivity contribution in [2.24, 2.45) is 17.1 Å². The number of hydrogen-bond donors (Lipinski definition) is 2. The normalized spacial score (nSPS) is 29.2. The Morgan fingerprint density at radius 3 is 2.88 bits per heavy atom. The molecule has 0 aromatic heterocycles. The number of nitrogens with one attached hydrogen (secondary N) is 1. The Morgan fingerprint density at radius 1 is 1.44 bits per heavy atom. The van der Waals surface area contributed by atoms with Crippen molar-refractivity contribution in [2.75, 3.05) is 39.8 Å². The molecule has 0 spiro atoms. The molecule has 1 aliphatic carbocycles. The summed E-state index contributed by atoms with van der Waals surface area (Å²) < 4.78 is 0. The van der Waals surface area contributed by atoms with E-state index < -0.39 is 0 Å². The van der Waals surface area contributed by atoms with Crippen LogP contribution in [0.4, 0.5) is 0 Å². The third-order valence-corrected chi connectivity index (χ3v) is 4.34. The van der Waals surface area contributed by atoms with Gasteiger partial charge in [-0.25, -0.2) is 0 Å². The summed E-state index contributed by atoms with van der Waals surface area (Å²) in [4.78, 5) is 2.47. The number of nitrogens with two attached hydrogens (primary N) is 1. The van der Waals surface area contributed by atoms with E-state index in [4.69, 9.17) is 5.73 Å². The molecule has 0 amide bonds. The van der Waals surface area contributed by atoms with E-state index in [1.807, 2.05) is 0 Å². The van der Waals surface area contributed by atoms with Crippen molar-refractivity contribution in [3.8, 4) is 0 Å². The SMILES string of the molecule is CN1CCCC(CCNCC2(CN)CC2)C1. The molecule has 3 nitrogen and oxygen atoms in total. The molecule has 1 heterocycles. The molecule has 0 radical (unpaired) electrons. The van der Waals surface area contributed by atoms with Crippen LogP contribution in [-0.2, 0) is 0 Å². The molecule has 1 saturated heterocycles. The summed E-state index contributed by atoms with van der Waals surface area (Å²) in [5.74, 6) is 0.916. The third-order valence-electron chi connectivity index (χ3n) is 4.34. The topological polar surface area (TPSA) is 41.3 Å². The lowest BCUT2D eigenvalue weighted by molar-refractivity contribution is 0.201. The molecule has 3 N–H and O–H groups in total. The number of nitrogens with zero attached hydrogens (tertiary/aromatic N) is 1. The van der Waals surface area contributed by atoms with Gasteiger partial charge in [0.15, 0.2) is 0 Å². The molecule has 1 unspecified atom stereocenters.